The smallest absolute Gasteiger partial charge is 0.209 e. The second kappa shape index (κ2) is 10.9. The molecule has 206 valence electrons. The molecule has 2 heterocycles. The molecule has 2 aliphatic heterocycles. The first-order chi connectivity index (χ1) is 18.3. The Bertz CT molecular complexity index is 1550. The van der Waals surface area contributed by atoms with E-state index >= 15 is 0 Å². The van der Waals surface area contributed by atoms with E-state index in [1.54, 1.807) is 6.07 Å². The van der Waals surface area contributed by atoms with Crippen molar-refractivity contribution >= 4 is 39.2 Å². The topological polar surface area (TPSA) is 105 Å². The molecule has 0 unspecified atom stereocenters. The zero-order valence-electron chi connectivity index (χ0n) is 22.7. The van der Waals surface area contributed by atoms with E-state index in [4.69, 9.17) is 0 Å². The highest BCUT2D eigenvalue weighted by molar-refractivity contribution is 7.94. The van der Waals surface area contributed by atoms with Crippen LogP contribution in [0.3, 0.4) is 0 Å². The maximum Gasteiger partial charge on any atom is 0.209 e. The number of benzene rings is 2. The van der Waals surface area contributed by atoms with Gasteiger partial charge in [-0.2, -0.15) is 8.91 Å². The van der Waals surface area contributed by atoms with Gasteiger partial charge < -0.3 is 14.7 Å². The van der Waals surface area contributed by atoms with Crippen molar-refractivity contribution in [2.24, 2.45) is 0 Å². The molecule has 10 heteroatoms. The van der Waals surface area contributed by atoms with Crippen molar-refractivity contribution in [3.63, 3.8) is 0 Å². The summed E-state index contributed by atoms with van der Waals surface area (Å²) in [5.74, 6) is 0. The van der Waals surface area contributed by atoms with E-state index in [1.165, 1.54) is 12.1 Å². The van der Waals surface area contributed by atoms with Crippen molar-refractivity contribution in [2.45, 2.75) is 48.3 Å². The zero-order chi connectivity index (χ0) is 28.6. The van der Waals surface area contributed by atoms with Gasteiger partial charge in [0.2, 0.25) is 5.69 Å². The van der Waals surface area contributed by atoms with Gasteiger partial charge in [0.05, 0.1) is 22.4 Å². The van der Waals surface area contributed by atoms with Crippen LogP contribution in [0.5, 0.6) is 0 Å². The molecule has 0 bridgehead atoms. The molecule has 0 saturated carbocycles. The second-order valence-electron chi connectivity index (χ2n) is 10.5. The quantitative estimate of drug-likeness (QED) is 0.112. The highest BCUT2D eigenvalue weighted by Crippen LogP contribution is 2.47. The summed E-state index contributed by atoms with van der Waals surface area (Å²) in [5.41, 5.74) is 5.31. The van der Waals surface area contributed by atoms with Crippen LogP contribution in [0.25, 0.3) is 0 Å². The third kappa shape index (κ3) is 5.54. The van der Waals surface area contributed by atoms with Gasteiger partial charge >= 0.3 is 0 Å². The fourth-order valence-electron chi connectivity index (χ4n) is 5.38. The summed E-state index contributed by atoms with van der Waals surface area (Å²) in [6.07, 6.45) is 13.8. The monoisotopic (exact) mass is 567 g/mol. The lowest BCUT2D eigenvalue weighted by Crippen LogP contribution is -2.26. The van der Waals surface area contributed by atoms with Crippen LogP contribution in [0.1, 0.15) is 38.8 Å². The molecular formula is C29H31N2O6S2-. The minimum atomic E-state index is -4.52. The van der Waals surface area contributed by atoms with E-state index in [-0.39, 0.29) is 10.3 Å². The molecule has 2 aliphatic rings. The Morgan fingerprint density at radius 2 is 1.64 bits per heavy atom. The van der Waals surface area contributed by atoms with Gasteiger partial charge in [-0.25, -0.2) is 8.42 Å². The third-order valence-electron chi connectivity index (χ3n) is 7.41. The third-order valence-corrected chi connectivity index (χ3v) is 8.81. The lowest BCUT2D eigenvalue weighted by molar-refractivity contribution is -0.777. The summed E-state index contributed by atoms with van der Waals surface area (Å²) >= 11 is 0.882. The lowest BCUT2D eigenvalue weighted by Gasteiger charge is -2.23. The Balaban J connectivity index is 1.47. The summed E-state index contributed by atoms with van der Waals surface area (Å²) in [7, 11) is -0.563. The van der Waals surface area contributed by atoms with Crippen molar-refractivity contribution in [3.05, 3.63) is 95.8 Å². The molecule has 0 saturated heterocycles. The second-order valence-corrected chi connectivity index (χ2v) is 12.6. The van der Waals surface area contributed by atoms with Crippen LogP contribution < -0.4 is 10.2 Å². The van der Waals surface area contributed by atoms with Crippen molar-refractivity contribution in [2.75, 3.05) is 19.0 Å². The number of nitrogens with zero attached hydrogens (tertiary/aromatic N) is 2. The molecular weight excluding hydrogens is 536 g/mol. The maximum absolute atomic E-state index is 11.5. The molecule has 0 aliphatic carbocycles. The highest BCUT2D eigenvalue weighted by Gasteiger charge is 2.43. The van der Waals surface area contributed by atoms with Crippen LogP contribution in [0.15, 0.2) is 94.4 Å². The predicted molar refractivity (Wildman–Crippen MR) is 150 cm³/mol. The van der Waals surface area contributed by atoms with Gasteiger partial charge in [0.25, 0.3) is 0 Å². The average molecular weight is 568 g/mol. The Hall–Kier alpha value is -2.99. The molecule has 2 aromatic rings. The number of allylic oxidation sites excluding steroid dienone is 8. The first-order valence-electron chi connectivity index (χ1n) is 12.3. The molecule has 0 aromatic heterocycles. The van der Waals surface area contributed by atoms with E-state index < -0.39 is 15.5 Å². The van der Waals surface area contributed by atoms with Crippen LogP contribution >= 0.6 is 12.0 Å². The van der Waals surface area contributed by atoms with Crippen LogP contribution in [-0.4, -0.2) is 37.4 Å². The summed E-state index contributed by atoms with van der Waals surface area (Å²) in [6.45, 7) is 8.32. The van der Waals surface area contributed by atoms with Crippen molar-refractivity contribution in [1.29, 1.82) is 0 Å². The first kappa shape index (κ1) is 29.0. The lowest BCUT2D eigenvalue weighted by atomic mass is 9.81. The number of hydrogen-bond donors (Lipinski definition) is 0. The van der Waals surface area contributed by atoms with Crippen LogP contribution in [0.2, 0.25) is 0 Å². The van der Waals surface area contributed by atoms with E-state index in [0.29, 0.717) is 0 Å². The minimum Gasteiger partial charge on any atom is -0.744 e. The molecule has 39 heavy (non-hydrogen) atoms. The Kier molecular flexibility index (Phi) is 8.09. The number of fused-ring (bicyclic) bond motifs is 2. The summed E-state index contributed by atoms with van der Waals surface area (Å²) < 4.78 is 41.2. The number of hydrogen-bond acceptors (Lipinski definition) is 8. The molecule has 0 atom stereocenters. The van der Waals surface area contributed by atoms with Gasteiger partial charge in [-0.05, 0) is 55.8 Å². The van der Waals surface area contributed by atoms with E-state index in [0.717, 1.165) is 50.8 Å². The first-order valence-corrected chi connectivity index (χ1v) is 14.4. The maximum atomic E-state index is 11.5. The minimum absolute atomic E-state index is 0.214. The Morgan fingerprint density at radius 3 is 2.33 bits per heavy atom. The molecule has 0 N–H and O–H groups in total. The van der Waals surface area contributed by atoms with Crippen LogP contribution in [0.4, 0.5) is 11.4 Å². The normalized spacial score (nSPS) is 19.3. The van der Waals surface area contributed by atoms with Crippen molar-refractivity contribution < 1.29 is 32.2 Å². The fourth-order valence-corrected chi connectivity index (χ4v) is 6.27. The Labute approximate surface area is 234 Å². The van der Waals surface area contributed by atoms with Gasteiger partial charge in [-0.15, -0.1) is 0 Å². The van der Waals surface area contributed by atoms with Gasteiger partial charge in [0, 0.05) is 46.4 Å². The van der Waals surface area contributed by atoms with Gasteiger partial charge in [-0.1, -0.05) is 44.2 Å². The molecule has 0 spiro atoms. The standard InChI is InChI=1S/C29H32N2O6S2/c1-28(2)22-18-20(38-37-36-32)14-16-24(22)30(5)26(28)12-10-8-7-9-11-13-27-29(3,4)23-19-21(39(33,34)35)15-17-25(23)31(27)6/h7-19H,1-6H3,(H-,32,33,34,35)/p-1. The molecule has 0 amide bonds. The van der Waals surface area contributed by atoms with E-state index in [9.17, 15) is 18.2 Å². The van der Waals surface area contributed by atoms with Crippen LogP contribution in [-0.2, 0) is 30.3 Å². The largest absolute Gasteiger partial charge is 0.744 e. The van der Waals surface area contributed by atoms with Crippen molar-refractivity contribution in [1.82, 2.24) is 0 Å². The predicted octanol–water partition coefficient (Wildman–Crippen LogP) is 4.81. The molecule has 2 aromatic carbocycles. The number of anilines is 1. The number of likely N-dealkylation sites (N-methyl/N-ethyl adjacent to an activating group) is 1. The Morgan fingerprint density at radius 1 is 0.949 bits per heavy atom. The molecule has 0 radical (unpaired) electrons. The van der Waals surface area contributed by atoms with Gasteiger partial charge in [0.15, 0.2) is 5.71 Å². The highest BCUT2D eigenvalue weighted by atomic mass is 32.2. The average Bonchev–Trinajstić information content (AvgIpc) is 3.19. The summed E-state index contributed by atoms with van der Waals surface area (Å²) in [4.78, 5) is 2.58. The summed E-state index contributed by atoms with van der Waals surface area (Å²) in [6, 6.07) is 10.4. The SMILES string of the molecule is CN1C(=CC=CC=CC=CC2=[N+](C)c3ccc(SOO[O-])cc3C2(C)C)C(C)(C)c2cc(S(=O)(=O)[O-])ccc21. The van der Waals surface area contributed by atoms with Crippen LogP contribution in [0, 0.1) is 0 Å². The number of rotatable bonds is 8. The molecule has 4 rings (SSSR count). The fraction of sp³-hybridized carbons (Fsp3) is 0.276. The zero-order valence-corrected chi connectivity index (χ0v) is 24.3. The van der Waals surface area contributed by atoms with Gasteiger partial charge in [-0.3, -0.25) is 5.04 Å². The molecule has 8 nitrogen and oxygen atoms in total. The summed E-state index contributed by atoms with van der Waals surface area (Å²) in [5, 5.41) is 13.6. The molecule has 0 fully saturated rings. The van der Waals surface area contributed by atoms with Gasteiger partial charge in [0.1, 0.15) is 17.2 Å². The van der Waals surface area contributed by atoms with Crippen molar-refractivity contribution in [3.8, 4) is 0 Å². The van der Waals surface area contributed by atoms with E-state index in [1.807, 2.05) is 87.5 Å². The van der Waals surface area contributed by atoms with E-state index in [2.05, 4.69) is 33.9 Å².